The number of piperidine rings is 1. The van der Waals surface area contributed by atoms with Crippen molar-refractivity contribution in [2.75, 3.05) is 51.3 Å². The number of amides is 2. The molecule has 26 heavy (non-hydrogen) atoms. The zero-order chi connectivity index (χ0) is 18.5. The number of anilines is 1. The SMILES string of the molecule is Cc1cc(C(=O)N2CCC[C@@H](C)C2)ccc1NCC(=O)N1CCOCC1. The maximum absolute atomic E-state index is 12.7. The topological polar surface area (TPSA) is 61.9 Å². The molecule has 0 radical (unpaired) electrons. The van der Waals surface area contributed by atoms with Crippen LogP contribution in [-0.2, 0) is 9.53 Å². The summed E-state index contributed by atoms with van der Waals surface area (Å²) in [5.74, 6) is 0.756. The van der Waals surface area contributed by atoms with Crippen LogP contribution in [0.5, 0.6) is 0 Å². The number of hydrogen-bond donors (Lipinski definition) is 1. The van der Waals surface area contributed by atoms with E-state index in [0.717, 1.165) is 36.3 Å². The van der Waals surface area contributed by atoms with Gasteiger partial charge in [-0.2, -0.15) is 0 Å². The van der Waals surface area contributed by atoms with Crippen molar-refractivity contribution >= 4 is 17.5 Å². The average molecular weight is 359 g/mol. The van der Waals surface area contributed by atoms with Crippen LogP contribution in [0.3, 0.4) is 0 Å². The van der Waals surface area contributed by atoms with E-state index in [1.807, 2.05) is 34.9 Å². The van der Waals surface area contributed by atoms with E-state index in [0.29, 0.717) is 32.2 Å². The summed E-state index contributed by atoms with van der Waals surface area (Å²) in [6, 6.07) is 5.68. The monoisotopic (exact) mass is 359 g/mol. The third-order valence-electron chi connectivity index (χ3n) is 5.21. The highest BCUT2D eigenvalue weighted by Gasteiger charge is 2.22. The first-order valence-corrected chi connectivity index (χ1v) is 9.54. The first kappa shape index (κ1) is 18.7. The van der Waals surface area contributed by atoms with Crippen molar-refractivity contribution in [3.63, 3.8) is 0 Å². The van der Waals surface area contributed by atoms with Crippen LogP contribution in [0.2, 0.25) is 0 Å². The van der Waals surface area contributed by atoms with Crippen LogP contribution < -0.4 is 5.32 Å². The summed E-state index contributed by atoms with van der Waals surface area (Å²) in [6.07, 6.45) is 2.28. The van der Waals surface area contributed by atoms with Gasteiger partial charge in [-0.3, -0.25) is 9.59 Å². The summed E-state index contributed by atoms with van der Waals surface area (Å²) in [6.45, 7) is 8.64. The Labute approximate surface area is 155 Å². The summed E-state index contributed by atoms with van der Waals surface area (Å²) in [4.78, 5) is 28.7. The summed E-state index contributed by atoms with van der Waals surface area (Å²) in [5, 5.41) is 3.21. The molecular weight excluding hydrogens is 330 g/mol. The van der Waals surface area contributed by atoms with E-state index in [1.54, 1.807) is 0 Å². The number of carbonyl (C=O) groups excluding carboxylic acids is 2. The Morgan fingerprint density at radius 1 is 1.19 bits per heavy atom. The van der Waals surface area contributed by atoms with E-state index in [2.05, 4.69) is 12.2 Å². The fourth-order valence-corrected chi connectivity index (χ4v) is 3.65. The Kier molecular flexibility index (Phi) is 6.14. The molecule has 0 aliphatic carbocycles. The number of benzene rings is 1. The lowest BCUT2D eigenvalue weighted by molar-refractivity contribution is -0.133. The van der Waals surface area contributed by atoms with E-state index < -0.39 is 0 Å². The second kappa shape index (κ2) is 8.54. The van der Waals surface area contributed by atoms with E-state index in [4.69, 9.17) is 4.74 Å². The fraction of sp³-hybridized carbons (Fsp3) is 0.600. The molecule has 2 heterocycles. The zero-order valence-electron chi connectivity index (χ0n) is 15.8. The number of carbonyl (C=O) groups is 2. The highest BCUT2D eigenvalue weighted by molar-refractivity contribution is 5.95. The van der Waals surface area contributed by atoms with Crippen LogP contribution >= 0.6 is 0 Å². The number of aryl methyl sites for hydroxylation is 1. The number of nitrogens with one attached hydrogen (secondary N) is 1. The lowest BCUT2D eigenvalue weighted by atomic mass is 9.99. The molecule has 0 bridgehead atoms. The molecule has 6 heteroatoms. The Hall–Kier alpha value is -2.08. The number of likely N-dealkylation sites (tertiary alicyclic amines) is 1. The van der Waals surface area contributed by atoms with Gasteiger partial charge in [-0.1, -0.05) is 6.92 Å². The molecule has 6 nitrogen and oxygen atoms in total. The lowest BCUT2D eigenvalue weighted by Crippen LogP contribution is -2.43. The Bertz CT molecular complexity index is 656. The van der Waals surface area contributed by atoms with Gasteiger partial charge >= 0.3 is 0 Å². The summed E-state index contributed by atoms with van der Waals surface area (Å²) >= 11 is 0. The predicted octanol–water partition coefficient (Wildman–Crippen LogP) is 2.14. The molecular formula is C20H29N3O3. The number of hydrogen-bond acceptors (Lipinski definition) is 4. The molecule has 0 saturated carbocycles. The van der Waals surface area contributed by atoms with Gasteiger partial charge < -0.3 is 19.9 Å². The van der Waals surface area contributed by atoms with Gasteiger partial charge in [-0.05, 0) is 49.4 Å². The molecule has 1 N–H and O–H groups in total. The van der Waals surface area contributed by atoms with Gasteiger partial charge in [-0.25, -0.2) is 0 Å². The third kappa shape index (κ3) is 4.55. The standard InChI is InChI=1S/C20H29N3O3/c1-15-4-3-7-23(14-15)20(25)17-5-6-18(16(2)12-17)21-13-19(24)22-8-10-26-11-9-22/h5-6,12,15,21H,3-4,7-11,13-14H2,1-2H3/t15-/m1/s1. The van der Waals surface area contributed by atoms with Gasteiger partial charge in [-0.15, -0.1) is 0 Å². The van der Waals surface area contributed by atoms with Crippen molar-refractivity contribution in [1.82, 2.24) is 9.80 Å². The highest BCUT2D eigenvalue weighted by Crippen LogP contribution is 2.21. The molecule has 0 unspecified atom stereocenters. The van der Waals surface area contributed by atoms with Gasteiger partial charge in [0.05, 0.1) is 19.8 Å². The Balaban J connectivity index is 1.58. The zero-order valence-corrected chi connectivity index (χ0v) is 15.8. The maximum atomic E-state index is 12.7. The molecule has 1 atom stereocenters. The molecule has 3 rings (SSSR count). The summed E-state index contributed by atoms with van der Waals surface area (Å²) in [5.41, 5.74) is 2.60. The van der Waals surface area contributed by atoms with E-state index in [1.165, 1.54) is 6.42 Å². The van der Waals surface area contributed by atoms with Crippen LogP contribution in [0.4, 0.5) is 5.69 Å². The fourth-order valence-electron chi connectivity index (χ4n) is 3.65. The van der Waals surface area contributed by atoms with Crippen LogP contribution in [0, 0.1) is 12.8 Å². The van der Waals surface area contributed by atoms with Gasteiger partial charge in [0, 0.05) is 37.4 Å². The van der Waals surface area contributed by atoms with E-state index >= 15 is 0 Å². The van der Waals surface area contributed by atoms with Crippen molar-refractivity contribution in [2.24, 2.45) is 5.92 Å². The minimum absolute atomic E-state index is 0.0788. The molecule has 0 aromatic heterocycles. The molecule has 1 aromatic rings. The number of morpholine rings is 1. The Morgan fingerprint density at radius 2 is 1.96 bits per heavy atom. The van der Waals surface area contributed by atoms with Crippen molar-refractivity contribution in [3.8, 4) is 0 Å². The van der Waals surface area contributed by atoms with Gasteiger partial charge in [0.25, 0.3) is 5.91 Å². The normalized spacial score (nSPS) is 20.8. The quantitative estimate of drug-likeness (QED) is 0.895. The third-order valence-corrected chi connectivity index (χ3v) is 5.21. The van der Waals surface area contributed by atoms with Crippen molar-refractivity contribution < 1.29 is 14.3 Å². The molecule has 2 aliphatic heterocycles. The average Bonchev–Trinajstić information content (AvgIpc) is 2.67. The first-order valence-electron chi connectivity index (χ1n) is 9.54. The molecule has 1 aromatic carbocycles. The molecule has 0 spiro atoms. The van der Waals surface area contributed by atoms with Crippen molar-refractivity contribution in [3.05, 3.63) is 29.3 Å². The number of rotatable bonds is 4. The molecule has 142 valence electrons. The largest absolute Gasteiger partial charge is 0.378 e. The number of nitrogens with zero attached hydrogens (tertiary/aromatic N) is 2. The van der Waals surface area contributed by atoms with E-state index in [9.17, 15) is 9.59 Å². The van der Waals surface area contributed by atoms with E-state index in [-0.39, 0.29) is 18.4 Å². The van der Waals surface area contributed by atoms with Crippen LogP contribution in [0.15, 0.2) is 18.2 Å². The summed E-state index contributed by atoms with van der Waals surface area (Å²) in [7, 11) is 0. The minimum Gasteiger partial charge on any atom is -0.378 e. The summed E-state index contributed by atoms with van der Waals surface area (Å²) < 4.78 is 5.27. The smallest absolute Gasteiger partial charge is 0.253 e. The molecule has 2 aliphatic rings. The Morgan fingerprint density at radius 3 is 2.65 bits per heavy atom. The maximum Gasteiger partial charge on any atom is 0.253 e. The van der Waals surface area contributed by atoms with Crippen LogP contribution in [-0.4, -0.2) is 67.6 Å². The van der Waals surface area contributed by atoms with Crippen molar-refractivity contribution in [2.45, 2.75) is 26.7 Å². The minimum atomic E-state index is 0.0788. The molecule has 2 saturated heterocycles. The van der Waals surface area contributed by atoms with Crippen molar-refractivity contribution in [1.29, 1.82) is 0 Å². The molecule has 2 amide bonds. The van der Waals surface area contributed by atoms with Gasteiger partial charge in [0.1, 0.15) is 0 Å². The van der Waals surface area contributed by atoms with Gasteiger partial charge in [0.2, 0.25) is 5.91 Å². The lowest BCUT2D eigenvalue weighted by Gasteiger charge is -2.31. The first-order chi connectivity index (χ1) is 12.5. The predicted molar refractivity (Wildman–Crippen MR) is 101 cm³/mol. The van der Waals surface area contributed by atoms with Gasteiger partial charge in [0.15, 0.2) is 0 Å². The van der Waals surface area contributed by atoms with Crippen LogP contribution in [0.25, 0.3) is 0 Å². The highest BCUT2D eigenvalue weighted by atomic mass is 16.5. The number of ether oxygens (including phenoxy) is 1. The molecule has 2 fully saturated rings. The second-order valence-electron chi connectivity index (χ2n) is 7.37. The second-order valence-corrected chi connectivity index (χ2v) is 7.37. The van der Waals surface area contributed by atoms with Crippen LogP contribution in [0.1, 0.15) is 35.7 Å².